The monoisotopic (exact) mass is 240 g/mol. The van der Waals surface area contributed by atoms with Crippen molar-refractivity contribution in [3.63, 3.8) is 0 Å². The second-order valence-electron chi connectivity index (χ2n) is 4.26. The fourth-order valence-corrected chi connectivity index (χ4v) is 1.68. The van der Waals surface area contributed by atoms with Gasteiger partial charge >= 0.3 is 0 Å². The van der Waals surface area contributed by atoms with E-state index in [1.165, 1.54) is 5.56 Å². The Hall–Kier alpha value is -0.570. The number of rotatable bonds is 6. The summed E-state index contributed by atoms with van der Waals surface area (Å²) in [6, 6.07) is 8.49. The zero-order chi connectivity index (χ0) is 12.0. The number of hydrogen-bond donors (Lipinski definition) is 1. The minimum Gasteiger partial charge on any atom is -0.309 e. The highest BCUT2D eigenvalue weighted by molar-refractivity contribution is 6.30. The van der Waals surface area contributed by atoms with Gasteiger partial charge in [-0.15, -0.1) is 0 Å². The summed E-state index contributed by atoms with van der Waals surface area (Å²) in [6.07, 6.45) is 0. The molecular formula is C13H21ClN2. The van der Waals surface area contributed by atoms with Gasteiger partial charge in [-0.2, -0.15) is 0 Å². The lowest BCUT2D eigenvalue weighted by Gasteiger charge is -2.20. The first-order valence-electron chi connectivity index (χ1n) is 5.78. The third kappa shape index (κ3) is 4.97. The van der Waals surface area contributed by atoms with E-state index in [0.717, 1.165) is 24.7 Å². The van der Waals surface area contributed by atoms with E-state index >= 15 is 0 Å². The van der Waals surface area contributed by atoms with E-state index in [0.29, 0.717) is 6.04 Å². The molecule has 1 rings (SSSR count). The molecule has 0 aromatic heterocycles. The first-order valence-corrected chi connectivity index (χ1v) is 6.16. The van der Waals surface area contributed by atoms with E-state index in [9.17, 15) is 0 Å². The molecule has 0 amide bonds. The SMILES string of the molecule is CCN(C)CC(C)NCc1ccc(Cl)cc1. The highest BCUT2D eigenvalue weighted by Crippen LogP contribution is 2.09. The van der Waals surface area contributed by atoms with Gasteiger partial charge in [-0.3, -0.25) is 0 Å². The van der Waals surface area contributed by atoms with Gasteiger partial charge in [0.25, 0.3) is 0 Å². The van der Waals surface area contributed by atoms with E-state index in [2.05, 4.69) is 43.2 Å². The van der Waals surface area contributed by atoms with Gasteiger partial charge in [-0.05, 0) is 38.2 Å². The Bertz CT molecular complexity index is 297. The largest absolute Gasteiger partial charge is 0.309 e. The molecule has 1 aromatic carbocycles. The molecule has 0 radical (unpaired) electrons. The summed E-state index contributed by atoms with van der Waals surface area (Å²) in [5, 5.41) is 4.29. The summed E-state index contributed by atoms with van der Waals surface area (Å²) in [5.74, 6) is 0. The molecule has 0 saturated carbocycles. The maximum Gasteiger partial charge on any atom is 0.0406 e. The van der Waals surface area contributed by atoms with Crippen LogP contribution < -0.4 is 5.32 Å². The van der Waals surface area contributed by atoms with E-state index in [4.69, 9.17) is 11.6 Å². The van der Waals surface area contributed by atoms with Gasteiger partial charge in [0.1, 0.15) is 0 Å². The number of hydrogen-bond acceptors (Lipinski definition) is 2. The van der Waals surface area contributed by atoms with E-state index in [1.54, 1.807) is 0 Å². The average molecular weight is 241 g/mol. The number of nitrogens with one attached hydrogen (secondary N) is 1. The van der Waals surface area contributed by atoms with Gasteiger partial charge < -0.3 is 10.2 Å². The third-order valence-corrected chi connectivity index (χ3v) is 2.95. The van der Waals surface area contributed by atoms with Crippen LogP contribution in [0.5, 0.6) is 0 Å². The lowest BCUT2D eigenvalue weighted by Crippen LogP contribution is -2.36. The normalized spacial score (nSPS) is 13.1. The first kappa shape index (κ1) is 13.5. The smallest absolute Gasteiger partial charge is 0.0406 e. The van der Waals surface area contributed by atoms with Crippen LogP contribution in [-0.2, 0) is 6.54 Å². The number of likely N-dealkylation sites (N-methyl/N-ethyl adjacent to an activating group) is 1. The second-order valence-corrected chi connectivity index (χ2v) is 4.70. The Morgan fingerprint density at radius 2 is 1.94 bits per heavy atom. The van der Waals surface area contributed by atoms with Crippen molar-refractivity contribution in [3.8, 4) is 0 Å². The van der Waals surface area contributed by atoms with Crippen molar-refractivity contribution in [1.82, 2.24) is 10.2 Å². The zero-order valence-corrected chi connectivity index (χ0v) is 11.1. The van der Waals surface area contributed by atoms with Crippen LogP contribution in [0, 0.1) is 0 Å². The molecule has 0 fully saturated rings. The molecule has 0 bridgehead atoms. The zero-order valence-electron chi connectivity index (χ0n) is 10.3. The minimum absolute atomic E-state index is 0.501. The molecule has 0 saturated heterocycles. The Morgan fingerprint density at radius 1 is 1.31 bits per heavy atom. The Morgan fingerprint density at radius 3 is 2.50 bits per heavy atom. The maximum absolute atomic E-state index is 5.83. The van der Waals surface area contributed by atoms with Crippen molar-refractivity contribution < 1.29 is 0 Å². The lowest BCUT2D eigenvalue weighted by atomic mass is 10.2. The van der Waals surface area contributed by atoms with Crippen LogP contribution in [0.2, 0.25) is 5.02 Å². The standard InChI is InChI=1S/C13H21ClN2/c1-4-16(3)10-11(2)15-9-12-5-7-13(14)8-6-12/h5-8,11,15H,4,9-10H2,1-3H3. The molecule has 0 spiro atoms. The van der Waals surface area contributed by atoms with Gasteiger partial charge in [0.05, 0.1) is 0 Å². The molecule has 0 heterocycles. The molecule has 1 unspecified atom stereocenters. The number of nitrogens with zero attached hydrogens (tertiary/aromatic N) is 1. The minimum atomic E-state index is 0.501. The predicted octanol–water partition coefficient (Wildman–Crippen LogP) is 2.77. The van der Waals surface area contributed by atoms with Gasteiger partial charge in [0, 0.05) is 24.2 Å². The molecule has 3 heteroatoms. The van der Waals surface area contributed by atoms with Crippen LogP contribution in [0.3, 0.4) is 0 Å². The van der Waals surface area contributed by atoms with Crippen LogP contribution in [0.15, 0.2) is 24.3 Å². The quantitative estimate of drug-likeness (QED) is 0.823. The van der Waals surface area contributed by atoms with Crippen LogP contribution in [0.4, 0.5) is 0 Å². The van der Waals surface area contributed by atoms with Crippen molar-refractivity contribution in [2.45, 2.75) is 26.4 Å². The Balaban J connectivity index is 2.31. The topological polar surface area (TPSA) is 15.3 Å². The van der Waals surface area contributed by atoms with Crippen LogP contribution >= 0.6 is 11.6 Å². The molecule has 0 aliphatic heterocycles. The molecule has 1 atom stereocenters. The Labute approximate surface area is 104 Å². The fourth-order valence-electron chi connectivity index (χ4n) is 1.56. The van der Waals surface area contributed by atoms with Crippen molar-refractivity contribution in [3.05, 3.63) is 34.9 Å². The highest BCUT2D eigenvalue weighted by Gasteiger charge is 2.04. The molecule has 2 nitrogen and oxygen atoms in total. The van der Waals surface area contributed by atoms with E-state index < -0.39 is 0 Å². The van der Waals surface area contributed by atoms with Crippen molar-refractivity contribution in [1.29, 1.82) is 0 Å². The van der Waals surface area contributed by atoms with Crippen LogP contribution in [-0.4, -0.2) is 31.1 Å². The molecule has 1 aromatic rings. The maximum atomic E-state index is 5.83. The molecule has 16 heavy (non-hydrogen) atoms. The van der Waals surface area contributed by atoms with E-state index in [-0.39, 0.29) is 0 Å². The third-order valence-electron chi connectivity index (χ3n) is 2.69. The number of halogens is 1. The fraction of sp³-hybridized carbons (Fsp3) is 0.538. The van der Waals surface area contributed by atoms with Crippen molar-refractivity contribution in [2.24, 2.45) is 0 Å². The lowest BCUT2D eigenvalue weighted by molar-refractivity contribution is 0.309. The summed E-state index contributed by atoms with van der Waals surface area (Å²) >= 11 is 5.83. The summed E-state index contributed by atoms with van der Waals surface area (Å²) in [4.78, 5) is 2.31. The molecule has 1 N–H and O–H groups in total. The second kappa shape index (κ2) is 6.89. The first-order chi connectivity index (χ1) is 7.61. The van der Waals surface area contributed by atoms with Crippen molar-refractivity contribution >= 4 is 11.6 Å². The molecule has 0 aliphatic rings. The Kier molecular flexibility index (Phi) is 5.81. The summed E-state index contributed by atoms with van der Waals surface area (Å²) in [7, 11) is 2.14. The molecular weight excluding hydrogens is 220 g/mol. The average Bonchev–Trinajstić information content (AvgIpc) is 2.28. The van der Waals surface area contributed by atoms with Crippen LogP contribution in [0.25, 0.3) is 0 Å². The molecule has 0 aliphatic carbocycles. The van der Waals surface area contributed by atoms with Crippen LogP contribution in [0.1, 0.15) is 19.4 Å². The number of benzene rings is 1. The highest BCUT2D eigenvalue weighted by atomic mass is 35.5. The van der Waals surface area contributed by atoms with Crippen molar-refractivity contribution in [2.75, 3.05) is 20.1 Å². The predicted molar refractivity (Wildman–Crippen MR) is 70.9 cm³/mol. The van der Waals surface area contributed by atoms with E-state index in [1.807, 2.05) is 12.1 Å². The summed E-state index contributed by atoms with van der Waals surface area (Å²) in [5.41, 5.74) is 1.27. The summed E-state index contributed by atoms with van der Waals surface area (Å²) < 4.78 is 0. The van der Waals surface area contributed by atoms with Gasteiger partial charge in [-0.25, -0.2) is 0 Å². The van der Waals surface area contributed by atoms with Gasteiger partial charge in [0.15, 0.2) is 0 Å². The summed E-state index contributed by atoms with van der Waals surface area (Å²) in [6.45, 7) is 7.45. The molecule has 90 valence electrons. The van der Waals surface area contributed by atoms with Gasteiger partial charge in [0.2, 0.25) is 0 Å². The van der Waals surface area contributed by atoms with Gasteiger partial charge in [-0.1, -0.05) is 30.7 Å².